The molecule has 122 valence electrons. The minimum absolute atomic E-state index is 0.0558. The SMILES string of the molecule is CCOC(=O)CC(=O)CSc1nc(-c2ccncc2)ccc1C#N. The maximum Gasteiger partial charge on any atom is 0.313 e. The first-order chi connectivity index (χ1) is 11.6. The topological polar surface area (TPSA) is 92.9 Å². The summed E-state index contributed by atoms with van der Waals surface area (Å²) in [5.74, 6) is -0.749. The second kappa shape index (κ2) is 8.79. The number of Topliss-reactive ketones (excluding diaryl/α,β-unsaturated/α-hetero) is 1. The molecule has 0 saturated heterocycles. The number of hydrogen-bond donors (Lipinski definition) is 0. The summed E-state index contributed by atoms with van der Waals surface area (Å²) in [4.78, 5) is 31.5. The molecule has 0 aromatic carbocycles. The molecular formula is C17H15N3O3S. The first-order valence-electron chi connectivity index (χ1n) is 7.25. The van der Waals surface area contributed by atoms with Crippen LogP contribution in [0.3, 0.4) is 0 Å². The van der Waals surface area contributed by atoms with Gasteiger partial charge in [-0.2, -0.15) is 5.26 Å². The lowest BCUT2D eigenvalue weighted by Crippen LogP contribution is -2.12. The molecule has 0 aliphatic heterocycles. The summed E-state index contributed by atoms with van der Waals surface area (Å²) < 4.78 is 4.74. The number of nitrogens with zero attached hydrogens (tertiary/aromatic N) is 3. The molecule has 0 N–H and O–H groups in total. The maximum absolute atomic E-state index is 11.8. The predicted molar refractivity (Wildman–Crippen MR) is 89.2 cm³/mol. The van der Waals surface area contributed by atoms with Crippen LogP contribution < -0.4 is 0 Å². The molecule has 0 unspecified atom stereocenters. The van der Waals surface area contributed by atoms with Crippen molar-refractivity contribution in [3.63, 3.8) is 0 Å². The van der Waals surface area contributed by atoms with Crippen LogP contribution in [0, 0.1) is 11.3 Å². The van der Waals surface area contributed by atoms with Crippen LogP contribution >= 0.6 is 11.8 Å². The Balaban J connectivity index is 2.10. The summed E-state index contributed by atoms with van der Waals surface area (Å²) in [7, 11) is 0. The lowest BCUT2D eigenvalue weighted by molar-refractivity contribution is -0.145. The molecular weight excluding hydrogens is 326 g/mol. The number of carbonyl (C=O) groups is 2. The zero-order valence-corrected chi connectivity index (χ0v) is 13.9. The van der Waals surface area contributed by atoms with Crippen LogP contribution in [-0.4, -0.2) is 34.1 Å². The molecule has 2 rings (SSSR count). The van der Waals surface area contributed by atoms with Gasteiger partial charge in [-0.25, -0.2) is 4.98 Å². The molecule has 0 aliphatic carbocycles. The molecule has 2 aromatic rings. The molecule has 0 spiro atoms. The third kappa shape index (κ3) is 4.89. The van der Waals surface area contributed by atoms with E-state index in [1.54, 1.807) is 31.5 Å². The van der Waals surface area contributed by atoms with Crippen molar-refractivity contribution in [2.75, 3.05) is 12.4 Å². The van der Waals surface area contributed by atoms with Gasteiger partial charge in [0.25, 0.3) is 0 Å². The van der Waals surface area contributed by atoms with E-state index in [1.165, 1.54) is 0 Å². The average Bonchev–Trinajstić information content (AvgIpc) is 2.60. The minimum atomic E-state index is -0.540. The number of pyridine rings is 2. The van der Waals surface area contributed by atoms with Crippen molar-refractivity contribution in [1.29, 1.82) is 5.26 Å². The van der Waals surface area contributed by atoms with E-state index in [0.717, 1.165) is 17.3 Å². The fraction of sp³-hybridized carbons (Fsp3) is 0.235. The standard InChI is InChI=1S/C17H15N3O3S/c1-2-23-16(22)9-14(21)11-24-17-13(10-18)3-4-15(20-17)12-5-7-19-8-6-12/h3-8H,2,9,11H2,1H3. The van der Waals surface area contributed by atoms with Gasteiger partial charge in [0.2, 0.25) is 0 Å². The highest BCUT2D eigenvalue weighted by molar-refractivity contribution is 8.00. The number of ether oxygens (including phenoxy) is 1. The lowest BCUT2D eigenvalue weighted by atomic mass is 10.1. The number of esters is 1. The normalized spacial score (nSPS) is 10.0. The first-order valence-corrected chi connectivity index (χ1v) is 8.24. The average molecular weight is 341 g/mol. The van der Waals surface area contributed by atoms with Gasteiger partial charge in [0, 0.05) is 18.0 Å². The second-order valence-corrected chi connectivity index (χ2v) is 5.67. The molecule has 0 atom stereocenters. The Kier molecular flexibility index (Phi) is 6.46. The number of thioether (sulfide) groups is 1. The third-order valence-corrected chi connectivity index (χ3v) is 4.02. The Labute approximate surface area is 143 Å². The van der Waals surface area contributed by atoms with Crippen LogP contribution in [0.4, 0.5) is 0 Å². The Morgan fingerprint density at radius 2 is 2.00 bits per heavy atom. The monoisotopic (exact) mass is 341 g/mol. The Morgan fingerprint density at radius 3 is 2.67 bits per heavy atom. The van der Waals surface area contributed by atoms with Crippen molar-refractivity contribution in [2.45, 2.75) is 18.4 Å². The maximum atomic E-state index is 11.8. The molecule has 2 aromatic heterocycles. The third-order valence-electron chi connectivity index (χ3n) is 2.97. The Bertz CT molecular complexity index is 772. The van der Waals surface area contributed by atoms with Crippen molar-refractivity contribution < 1.29 is 14.3 Å². The van der Waals surface area contributed by atoms with Crippen molar-refractivity contribution in [3.8, 4) is 17.3 Å². The largest absolute Gasteiger partial charge is 0.466 e. The summed E-state index contributed by atoms with van der Waals surface area (Å²) >= 11 is 1.14. The van der Waals surface area contributed by atoms with Gasteiger partial charge < -0.3 is 4.74 Å². The van der Waals surface area contributed by atoms with Crippen molar-refractivity contribution in [3.05, 3.63) is 42.2 Å². The molecule has 0 amide bonds. The van der Waals surface area contributed by atoms with Gasteiger partial charge in [-0.1, -0.05) is 11.8 Å². The highest BCUT2D eigenvalue weighted by Crippen LogP contribution is 2.25. The van der Waals surface area contributed by atoms with Crippen LogP contribution in [0.25, 0.3) is 11.3 Å². The summed E-state index contributed by atoms with van der Waals surface area (Å²) in [6.45, 7) is 1.93. The number of nitriles is 1. The first kappa shape index (κ1) is 17.6. The van der Waals surface area contributed by atoms with E-state index in [4.69, 9.17) is 4.74 Å². The van der Waals surface area contributed by atoms with Gasteiger partial charge >= 0.3 is 5.97 Å². The summed E-state index contributed by atoms with van der Waals surface area (Å²) in [6.07, 6.45) is 3.04. The molecule has 2 heterocycles. The second-order valence-electron chi connectivity index (χ2n) is 4.71. The molecule has 0 radical (unpaired) electrons. The van der Waals surface area contributed by atoms with Crippen molar-refractivity contribution in [1.82, 2.24) is 9.97 Å². The van der Waals surface area contributed by atoms with Gasteiger partial charge in [0.1, 0.15) is 17.5 Å². The Morgan fingerprint density at radius 1 is 1.25 bits per heavy atom. The van der Waals surface area contributed by atoms with E-state index in [2.05, 4.69) is 16.0 Å². The Hall–Kier alpha value is -2.72. The highest BCUT2D eigenvalue weighted by atomic mass is 32.2. The van der Waals surface area contributed by atoms with Gasteiger partial charge in [-0.3, -0.25) is 14.6 Å². The van der Waals surface area contributed by atoms with E-state index >= 15 is 0 Å². The van der Waals surface area contributed by atoms with Crippen LogP contribution in [0.1, 0.15) is 18.9 Å². The summed E-state index contributed by atoms with van der Waals surface area (Å²) in [6, 6.07) is 9.10. The molecule has 0 bridgehead atoms. The number of ketones is 1. The molecule has 24 heavy (non-hydrogen) atoms. The summed E-state index contributed by atoms with van der Waals surface area (Å²) in [5, 5.41) is 9.65. The highest BCUT2D eigenvalue weighted by Gasteiger charge is 2.14. The van der Waals surface area contributed by atoms with Gasteiger partial charge in [-0.05, 0) is 31.2 Å². The predicted octanol–water partition coefficient (Wildman–Crippen LogP) is 2.63. The van der Waals surface area contributed by atoms with E-state index in [1.807, 2.05) is 12.1 Å². The van der Waals surface area contributed by atoms with Gasteiger partial charge in [-0.15, -0.1) is 0 Å². The van der Waals surface area contributed by atoms with E-state index in [0.29, 0.717) is 16.3 Å². The molecule has 7 heteroatoms. The fourth-order valence-electron chi connectivity index (χ4n) is 1.89. The number of carbonyl (C=O) groups excluding carboxylic acids is 2. The zero-order valence-electron chi connectivity index (χ0n) is 13.1. The number of aromatic nitrogens is 2. The quantitative estimate of drug-likeness (QED) is 0.434. The van der Waals surface area contributed by atoms with Crippen LogP contribution in [0.2, 0.25) is 0 Å². The zero-order chi connectivity index (χ0) is 17.4. The number of hydrogen-bond acceptors (Lipinski definition) is 7. The smallest absolute Gasteiger partial charge is 0.313 e. The van der Waals surface area contributed by atoms with Gasteiger partial charge in [0.15, 0.2) is 5.78 Å². The minimum Gasteiger partial charge on any atom is -0.466 e. The van der Waals surface area contributed by atoms with Gasteiger partial charge in [0.05, 0.1) is 23.6 Å². The van der Waals surface area contributed by atoms with Crippen LogP contribution in [0.15, 0.2) is 41.7 Å². The van der Waals surface area contributed by atoms with Crippen LogP contribution in [-0.2, 0) is 14.3 Å². The lowest BCUT2D eigenvalue weighted by Gasteiger charge is -2.06. The summed E-state index contributed by atoms with van der Waals surface area (Å²) in [5.41, 5.74) is 1.95. The van der Waals surface area contributed by atoms with E-state index in [-0.39, 0.29) is 24.6 Å². The molecule has 0 fully saturated rings. The van der Waals surface area contributed by atoms with E-state index < -0.39 is 5.97 Å². The van der Waals surface area contributed by atoms with Crippen molar-refractivity contribution >= 4 is 23.5 Å². The molecule has 6 nitrogen and oxygen atoms in total. The number of rotatable bonds is 7. The fourth-order valence-corrected chi connectivity index (χ4v) is 2.72. The van der Waals surface area contributed by atoms with E-state index in [9.17, 15) is 14.9 Å². The van der Waals surface area contributed by atoms with Crippen LogP contribution in [0.5, 0.6) is 0 Å². The van der Waals surface area contributed by atoms with Crippen molar-refractivity contribution in [2.24, 2.45) is 0 Å². The molecule has 0 aliphatic rings. The molecule has 0 saturated carbocycles.